The Morgan fingerprint density at radius 3 is 2.80 bits per heavy atom. The minimum Gasteiger partial charge on any atom is -0.207 e. The zero-order chi connectivity index (χ0) is 10.9. The summed E-state index contributed by atoms with van der Waals surface area (Å²) in [6, 6.07) is 4.95. The molecule has 0 fully saturated rings. The molecule has 1 atom stereocenters. The Hall–Kier alpha value is -0.820. The van der Waals surface area contributed by atoms with Gasteiger partial charge in [0.2, 0.25) is 0 Å². The maximum absolute atomic E-state index is 13.8. The van der Waals surface area contributed by atoms with Crippen molar-refractivity contribution in [2.24, 2.45) is 0 Å². The third-order valence-electron chi connectivity index (χ3n) is 3.10. The lowest BCUT2D eigenvalue weighted by atomic mass is 9.75. The second-order valence-electron chi connectivity index (χ2n) is 4.34. The molecule has 1 aromatic carbocycles. The first-order valence-corrected chi connectivity index (χ1v) is 5.63. The largest absolute Gasteiger partial charge is 0.207 e. The van der Waals surface area contributed by atoms with Gasteiger partial charge in [0.25, 0.3) is 0 Å². The van der Waals surface area contributed by atoms with Crippen LogP contribution in [0.1, 0.15) is 31.7 Å². The molecule has 0 aromatic heterocycles. The summed E-state index contributed by atoms with van der Waals surface area (Å²) in [7, 11) is 0. The van der Waals surface area contributed by atoms with Gasteiger partial charge in [-0.3, -0.25) is 0 Å². The van der Waals surface area contributed by atoms with Crippen LogP contribution < -0.4 is 0 Å². The highest BCUT2D eigenvalue weighted by molar-refractivity contribution is 6.30. The normalized spacial score (nSPS) is 25.5. The van der Waals surface area contributed by atoms with Gasteiger partial charge in [0.1, 0.15) is 5.82 Å². The summed E-state index contributed by atoms with van der Waals surface area (Å²) in [5.74, 6) is -0.198. The molecule has 0 bridgehead atoms. The van der Waals surface area contributed by atoms with E-state index < -0.39 is 0 Å². The van der Waals surface area contributed by atoms with Crippen molar-refractivity contribution in [2.75, 3.05) is 0 Å². The molecule has 0 amide bonds. The van der Waals surface area contributed by atoms with Gasteiger partial charge in [-0.15, -0.1) is 0 Å². The minimum atomic E-state index is -0.198. The fourth-order valence-corrected chi connectivity index (χ4v) is 2.35. The first kappa shape index (κ1) is 10.7. The monoisotopic (exact) mass is 224 g/mol. The van der Waals surface area contributed by atoms with Crippen molar-refractivity contribution in [1.82, 2.24) is 0 Å². The second-order valence-corrected chi connectivity index (χ2v) is 4.77. The summed E-state index contributed by atoms with van der Waals surface area (Å²) >= 11 is 5.74. The summed E-state index contributed by atoms with van der Waals surface area (Å²) in [4.78, 5) is 0. The van der Waals surface area contributed by atoms with Crippen LogP contribution in [-0.4, -0.2) is 0 Å². The summed E-state index contributed by atoms with van der Waals surface area (Å²) in [6.07, 6.45) is 7.47. The Bertz CT molecular complexity index is 398. The van der Waals surface area contributed by atoms with Gasteiger partial charge < -0.3 is 0 Å². The van der Waals surface area contributed by atoms with E-state index in [0.29, 0.717) is 5.02 Å². The molecule has 0 N–H and O–H groups in total. The zero-order valence-electron chi connectivity index (χ0n) is 8.76. The Balaban J connectivity index is 2.44. The smallest absolute Gasteiger partial charge is 0.128 e. The minimum absolute atomic E-state index is 0.160. The first-order chi connectivity index (χ1) is 7.12. The van der Waals surface area contributed by atoms with Gasteiger partial charge in [-0.1, -0.05) is 36.7 Å². The van der Waals surface area contributed by atoms with Crippen LogP contribution in [0.5, 0.6) is 0 Å². The average Bonchev–Trinajstić information content (AvgIpc) is 2.18. The van der Waals surface area contributed by atoms with Crippen molar-refractivity contribution >= 4 is 11.6 Å². The molecule has 0 saturated carbocycles. The van der Waals surface area contributed by atoms with Gasteiger partial charge in [0.15, 0.2) is 0 Å². The maximum Gasteiger partial charge on any atom is 0.128 e. The van der Waals surface area contributed by atoms with Gasteiger partial charge >= 0.3 is 0 Å². The van der Waals surface area contributed by atoms with Crippen LogP contribution in [0.2, 0.25) is 5.02 Å². The molecular formula is C13H14ClF. The predicted molar refractivity (Wildman–Crippen MR) is 61.8 cm³/mol. The number of halogens is 2. The van der Waals surface area contributed by atoms with Crippen LogP contribution in [0, 0.1) is 5.82 Å². The molecule has 2 rings (SSSR count). The van der Waals surface area contributed by atoms with Gasteiger partial charge in [0, 0.05) is 10.4 Å². The molecule has 1 aliphatic rings. The lowest BCUT2D eigenvalue weighted by Gasteiger charge is -2.29. The topological polar surface area (TPSA) is 0 Å². The highest BCUT2D eigenvalue weighted by Crippen LogP contribution is 2.36. The van der Waals surface area contributed by atoms with Gasteiger partial charge in [-0.2, -0.15) is 0 Å². The fourth-order valence-electron chi connectivity index (χ4n) is 2.19. The fraction of sp³-hybridized carbons (Fsp3) is 0.385. The molecule has 0 spiro atoms. The van der Waals surface area contributed by atoms with E-state index in [0.717, 1.165) is 24.8 Å². The van der Waals surface area contributed by atoms with Crippen LogP contribution in [-0.2, 0) is 5.41 Å². The first-order valence-electron chi connectivity index (χ1n) is 5.25. The van der Waals surface area contributed by atoms with Crippen molar-refractivity contribution in [3.05, 3.63) is 46.8 Å². The number of rotatable bonds is 1. The van der Waals surface area contributed by atoms with Crippen LogP contribution in [0.4, 0.5) is 4.39 Å². The van der Waals surface area contributed by atoms with E-state index in [9.17, 15) is 4.39 Å². The molecule has 1 unspecified atom stereocenters. The summed E-state index contributed by atoms with van der Waals surface area (Å²) in [5.41, 5.74) is 0.593. The third-order valence-corrected chi connectivity index (χ3v) is 3.33. The van der Waals surface area contributed by atoms with E-state index in [1.165, 1.54) is 6.07 Å². The van der Waals surface area contributed by atoms with Crippen molar-refractivity contribution in [2.45, 2.75) is 31.6 Å². The van der Waals surface area contributed by atoms with Gasteiger partial charge in [-0.05, 0) is 37.0 Å². The van der Waals surface area contributed by atoms with E-state index in [1.54, 1.807) is 12.1 Å². The molecule has 0 nitrogen and oxygen atoms in total. The van der Waals surface area contributed by atoms with Gasteiger partial charge in [0.05, 0.1) is 0 Å². The number of benzene rings is 1. The van der Waals surface area contributed by atoms with Crippen LogP contribution in [0.3, 0.4) is 0 Å². The molecule has 1 aromatic rings. The van der Waals surface area contributed by atoms with E-state index in [-0.39, 0.29) is 11.2 Å². The molecule has 80 valence electrons. The van der Waals surface area contributed by atoms with Crippen LogP contribution in [0.15, 0.2) is 30.4 Å². The third kappa shape index (κ3) is 2.07. The van der Waals surface area contributed by atoms with Crippen molar-refractivity contribution in [1.29, 1.82) is 0 Å². The highest BCUT2D eigenvalue weighted by atomic mass is 35.5. The Morgan fingerprint density at radius 2 is 2.20 bits per heavy atom. The predicted octanol–water partition coefficient (Wildman–Crippen LogP) is 4.48. The molecule has 15 heavy (non-hydrogen) atoms. The maximum atomic E-state index is 13.8. The van der Waals surface area contributed by atoms with Crippen molar-refractivity contribution in [3.8, 4) is 0 Å². The zero-order valence-corrected chi connectivity index (χ0v) is 9.52. The van der Waals surface area contributed by atoms with Gasteiger partial charge in [-0.25, -0.2) is 4.39 Å². The van der Waals surface area contributed by atoms with E-state index in [4.69, 9.17) is 11.6 Å². The quantitative estimate of drug-likeness (QED) is 0.617. The second kappa shape index (κ2) is 3.97. The Morgan fingerprint density at radius 1 is 1.40 bits per heavy atom. The van der Waals surface area contributed by atoms with E-state index >= 15 is 0 Å². The Labute approximate surface area is 94.8 Å². The molecule has 2 heteroatoms. The molecule has 0 aliphatic heterocycles. The lowest BCUT2D eigenvalue weighted by Crippen LogP contribution is -2.22. The molecule has 0 heterocycles. The van der Waals surface area contributed by atoms with Crippen molar-refractivity contribution in [3.63, 3.8) is 0 Å². The molecular weight excluding hydrogens is 211 g/mol. The van der Waals surface area contributed by atoms with Crippen molar-refractivity contribution < 1.29 is 4.39 Å². The number of hydrogen-bond acceptors (Lipinski definition) is 0. The summed E-state index contributed by atoms with van der Waals surface area (Å²) in [6.45, 7) is 2.08. The summed E-state index contributed by atoms with van der Waals surface area (Å²) in [5, 5.41) is 0.458. The SMILES string of the molecule is CC1(c2ccc(Cl)cc2F)C=CCCC1. The molecule has 1 aliphatic carbocycles. The van der Waals surface area contributed by atoms with Crippen LogP contribution in [0.25, 0.3) is 0 Å². The lowest BCUT2D eigenvalue weighted by molar-refractivity contribution is 0.466. The standard InChI is InChI=1S/C13H14ClF/c1-13(7-3-2-4-8-13)11-6-5-10(14)9-12(11)15/h3,5-7,9H,2,4,8H2,1H3. The highest BCUT2D eigenvalue weighted by Gasteiger charge is 2.27. The Kier molecular flexibility index (Phi) is 2.83. The molecule has 0 radical (unpaired) electrons. The summed E-state index contributed by atoms with van der Waals surface area (Å²) < 4.78 is 13.8. The van der Waals surface area contributed by atoms with E-state index in [2.05, 4.69) is 19.1 Å². The van der Waals surface area contributed by atoms with E-state index in [1.807, 2.05) is 0 Å². The average molecular weight is 225 g/mol. The number of allylic oxidation sites excluding steroid dienone is 2. The number of hydrogen-bond donors (Lipinski definition) is 0. The molecule has 0 saturated heterocycles. The van der Waals surface area contributed by atoms with Crippen LogP contribution >= 0.6 is 11.6 Å².